The fourth-order valence-corrected chi connectivity index (χ4v) is 1.89. The number of ether oxygens (including phenoxy) is 1. The van der Waals surface area contributed by atoms with Gasteiger partial charge in [-0.2, -0.15) is 0 Å². The average molecular weight is 242 g/mol. The first kappa shape index (κ1) is 12.3. The van der Waals surface area contributed by atoms with Gasteiger partial charge in [0.25, 0.3) is 0 Å². The highest BCUT2D eigenvalue weighted by Crippen LogP contribution is 2.23. The van der Waals surface area contributed by atoms with Crippen molar-refractivity contribution in [2.75, 3.05) is 18.2 Å². The Kier molecular flexibility index (Phi) is 3.72. The second-order valence-electron chi connectivity index (χ2n) is 4.26. The maximum atomic E-state index is 5.89. The molecule has 0 heterocycles. The van der Waals surface area contributed by atoms with E-state index in [0.717, 1.165) is 22.7 Å². The van der Waals surface area contributed by atoms with Crippen molar-refractivity contribution in [2.45, 2.75) is 13.5 Å². The van der Waals surface area contributed by atoms with E-state index in [9.17, 15) is 0 Å². The molecule has 2 aromatic rings. The van der Waals surface area contributed by atoms with Crippen molar-refractivity contribution in [1.82, 2.24) is 0 Å². The van der Waals surface area contributed by atoms with Gasteiger partial charge in [-0.25, -0.2) is 0 Å². The molecule has 0 aliphatic carbocycles. The van der Waals surface area contributed by atoms with Crippen molar-refractivity contribution in [2.24, 2.45) is 0 Å². The summed E-state index contributed by atoms with van der Waals surface area (Å²) in [7, 11) is 1.69. The summed E-state index contributed by atoms with van der Waals surface area (Å²) < 4.78 is 5.35. The summed E-state index contributed by atoms with van der Waals surface area (Å²) >= 11 is 0. The number of hydrogen-bond donors (Lipinski definition) is 2. The fraction of sp³-hybridized carbons (Fsp3) is 0.200. The van der Waals surface area contributed by atoms with Crippen LogP contribution < -0.4 is 15.8 Å². The van der Waals surface area contributed by atoms with Crippen LogP contribution >= 0.6 is 0 Å². The molecule has 2 aromatic carbocycles. The van der Waals surface area contributed by atoms with E-state index in [1.165, 1.54) is 5.56 Å². The molecule has 0 aliphatic heterocycles. The van der Waals surface area contributed by atoms with Crippen LogP contribution in [0.1, 0.15) is 11.1 Å². The standard InChI is InChI=1S/C15H18N2O/c1-11-7-8-15(18-2)12(9-11)10-17-14-6-4-3-5-13(14)16/h3-9,17H,10,16H2,1-2H3. The summed E-state index contributed by atoms with van der Waals surface area (Å²) in [6, 6.07) is 13.9. The maximum Gasteiger partial charge on any atom is 0.123 e. The minimum atomic E-state index is 0.694. The number of benzene rings is 2. The van der Waals surface area contributed by atoms with E-state index in [4.69, 9.17) is 10.5 Å². The van der Waals surface area contributed by atoms with Gasteiger partial charge < -0.3 is 15.8 Å². The molecule has 94 valence electrons. The largest absolute Gasteiger partial charge is 0.496 e. The number of para-hydroxylation sites is 2. The number of methoxy groups -OCH3 is 1. The third-order valence-electron chi connectivity index (χ3n) is 2.87. The van der Waals surface area contributed by atoms with Crippen molar-refractivity contribution < 1.29 is 4.74 Å². The minimum absolute atomic E-state index is 0.694. The normalized spacial score (nSPS) is 10.1. The van der Waals surface area contributed by atoms with E-state index < -0.39 is 0 Å². The number of anilines is 2. The lowest BCUT2D eigenvalue weighted by molar-refractivity contribution is 0.410. The first-order valence-corrected chi connectivity index (χ1v) is 5.92. The van der Waals surface area contributed by atoms with Crippen LogP contribution in [0.4, 0.5) is 11.4 Å². The van der Waals surface area contributed by atoms with Gasteiger partial charge in [0.2, 0.25) is 0 Å². The second kappa shape index (κ2) is 5.45. The number of rotatable bonds is 4. The predicted molar refractivity (Wildman–Crippen MR) is 75.9 cm³/mol. The van der Waals surface area contributed by atoms with Crippen molar-refractivity contribution in [3.8, 4) is 5.75 Å². The summed E-state index contributed by atoms with van der Waals surface area (Å²) in [5, 5.41) is 3.33. The molecular weight excluding hydrogens is 224 g/mol. The number of nitrogens with one attached hydrogen (secondary N) is 1. The summed E-state index contributed by atoms with van der Waals surface area (Å²) in [5.74, 6) is 0.891. The van der Waals surface area contributed by atoms with Gasteiger partial charge in [-0.3, -0.25) is 0 Å². The van der Waals surface area contributed by atoms with Crippen LogP contribution in [0.15, 0.2) is 42.5 Å². The van der Waals surface area contributed by atoms with E-state index >= 15 is 0 Å². The Morgan fingerprint density at radius 2 is 1.94 bits per heavy atom. The molecule has 18 heavy (non-hydrogen) atoms. The summed E-state index contributed by atoms with van der Waals surface area (Å²) in [6.45, 7) is 2.76. The third-order valence-corrected chi connectivity index (χ3v) is 2.87. The number of hydrogen-bond acceptors (Lipinski definition) is 3. The lowest BCUT2D eigenvalue weighted by atomic mass is 10.1. The Morgan fingerprint density at radius 1 is 1.17 bits per heavy atom. The summed E-state index contributed by atoms with van der Waals surface area (Å²) in [6.07, 6.45) is 0. The molecule has 2 rings (SSSR count). The van der Waals surface area contributed by atoms with Crippen LogP contribution in [-0.2, 0) is 6.54 Å². The van der Waals surface area contributed by atoms with Gasteiger partial charge in [0.1, 0.15) is 5.75 Å². The predicted octanol–water partition coefficient (Wildman–Crippen LogP) is 3.20. The lowest BCUT2D eigenvalue weighted by Gasteiger charge is -2.12. The second-order valence-corrected chi connectivity index (χ2v) is 4.26. The lowest BCUT2D eigenvalue weighted by Crippen LogP contribution is -2.04. The van der Waals surface area contributed by atoms with Crippen molar-refractivity contribution in [3.05, 3.63) is 53.6 Å². The van der Waals surface area contributed by atoms with Gasteiger partial charge in [0.15, 0.2) is 0 Å². The van der Waals surface area contributed by atoms with Crippen LogP contribution in [0.2, 0.25) is 0 Å². The highest BCUT2D eigenvalue weighted by molar-refractivity contribution is 5.65. The topological polar surface area (TPSA) is 47.3 Å². The molecule has 0 atom stereocenters. The average Bonchev–Trinajstić information content (AvgIpc) is 2.38. The van der Waals surface area contributed by atoms with E-state index in [2.05, 4.69) is 18.3 Å². The number of nitrogen functional groups attached to an aromatic ring is 1. The smallest absolute Gasteiger partial charge is 0.123 e. The Labute approximate surface area is 108 Å². The zero-order valence-corrected chi connectivity index (χ0v) is 10.7. The van der Waals surface area contributed by atoms with Gasteiger partial charge in [0, 0.05) is 12.1 Å². The third kappa shape index (κ3) is 2.74. The molecule has 0 saturated carbocycles. The van der Waals surface area contributed by atoms with Crippen molar-refractivity contribution >= 4 is 11.4 Å². The van der Waals surface area contributed by atoms with Crippen LogP contribution in [0.3, 0.4) is 0 Å². The molecular formula is C15H18N2O. The quantitative estimate of drug-likeness (QED) is 0.809. The first-order chi connectivity index (χ1) is 8.70. The Bertz CT molecular complexity index is 538. The molecule has 3 N–H and O–H groups in total. The molecule has 0 radical (unpaired) electrons. The maximum absolute atomic E-state index is 5.89. The van der Waals surface area contributed by atoms with Crippen molar-refractivity contribution in [1.29, 1.82) is 0 Å². The van der Waals surface area contributed by atoms with E-state index in [-0.39, 0.29) is 0 Å². The number of nitrogens with two attached hydrogens (primary N) is 1. The van der Waals surface area contributed by atoms with Gasteiger partial charge in [-0.15, -0.1) is 0 Å². The Balaban J connectivity index is 2.15. The molecule has 0 saturated heterocycles. The molecule has 0 aliphatic rings. The van der Waals surface area contributed by atoms with Gasteiger partial charge >= 0.3 is 0 Å². The zero-order chi connectivity index (χ0) is 13.0. The highest BCUT2D eigenvalue weighted by Gasteiger charge is 2.04. The fourth-order valence-electron chi connectivity index (χ4n) is 1.89. The van der Waals surface area contributed by atoms with Crippen LogP contribution in [0.25, 0.3) is 0 Å². The molecule has 0 bridgehead atoms. The molecule has 3 heteroatoms. The minimum Gasteiger partial charge on any atom is -0.496 e. The SMILES string of the molecule is COc1ccc(C)cc1CNc1ccccc1N. The molecule has 0 spiro atoms. The molecule has 0 unspecified atom stereocenters. The molecule has 0 aromatic heterocycles. The van der Waals surface area contributed by atoms with Crippen LogP contribution in [0.5, 0.6) is 5.75 Å². The van der Waals surface area contributed by atoms with Crippen LogP contribution in [-0.4, -0.2) is 7.11 Å². The first-order valence-electron chi connectivity index (χ1n) is 5.92. The van der Waals surface area contributed by atoms with E-state index in [1.54, 1.807) is 7.11 Å². The van der Waals surface area contributed by atoms with Crippen molar-refractivity contribution in [3.63, 3.8) is 0 Å². The molecule has 3 nitrogen and oxygen atoms in total. The summed E-state index contributed by atoms with van der Waals surface area (Å²) in [4.78, 5) is 0. The van der Waals surface area contributed by atoms with E-state index in [0.29, 0.717) is 6.54 Å². The monoisotopic (exact) mass is 242 g/mol. The van der Waals surface area contributed by atoms with Gasteiger partial charge in [-0.1, -0.05) is 29.8 Å². The van der Waals surface area contributed by atoms with Gasteiger partial charge in [0.05, 0.1) is 18.5 Å². The molecule has 0 fully saturated rings. The Hall–Kier alpha value is -2.16. The molecule has 0 amide bonds. The zero-order valence-electron chi connectivity index (χ0n) is 10.7. The van der Waals surface area contributed by atoms with E-state index in [1.807, 2.05) is 36.4 Å². The van der Waals surface area contributed by atoms with Crippen LogP contribution in [0, 0.1) is 6.92 Å². The number of aryl methyl sites for hydroxylation is 1. The summed E-state index contributed by atoms with van der Waals surface area (Å²) in [5.41, 5.74) is 9.93. The van der Waals surface area contributed by atoms with Gasteiger partial charge in [-0.05, 0) is 25.1 Å². The Morgan fingerprint density at radius 3 is 2.67 bits per heavy atom. The highest BCUT2D eigenvalue weighted by atomic mass is 16.5.